The first kappa shape index (κ1) is 12.7. The minimum Gasteiger partial charge on any atom is -0.285 e. The zero-order valence-corrected chi connectivity index (χ0v) is 10.5. The van der Waals surface area contributed by atoms with Gasteiger partial charge >= 0.3 is 0 Å². The van der Waals surface area contributed by atoms with Crippen LogP contribution in [-0.4, -0.2) is 22.9 Å². The average Bonchev–Trinajstić information content (AvgIpc) is 2.28. The second kappa shape index (κ2) is 4.83. The Bertz CT molecular complexity index is 641. The minimum absolute atomic E-state index is 0.248. The molecule has 1 N–H and O–H groups in total. The van der Waals surface area contributed by atoms with Crippen molar-refractivity contribution in [3.8, 4) is 0 Å². The molecular weight excluding hydrogens is 252 g/mol. The van der Waals surface area contributed by atoms with Gasteiger partial charge in [0, 0.05) is 11.9 Å². The normalized spacial score (nSPS) is 13.2. The van der Waals surface area contributed by atoms with Gasteiger partial charge in [0.25, 0.3) is 10.1 Å². The van der Waals surface area contributed by atoms with Crippen molar-refractivity contribution in [3.63, 3.8) is 0 Å². The highest BCUT2D eigenvalue weighted by atomic mass is 32.2. The Labute approximate surface area is 105 Å². The van der Waals surface area contributed by atoms with Gasteiger partial charge in [-0.2, -0.15) is 8.42 Å². The van der Waals surface area contributed by atoms with Crippen LogP contribution in [0.3, 0.4) is 0 Å². The van der Waals surface area contributed by atoms with Gasteiger partial charge in [0.2, 0.25) is 0 Å². The molecule has 0 aliphatic heterocycles. The molecule has 18 heavy (non-hydrogen) atoms. The number of hydrogen-bond acceptors (Lipinski definition) is 4. The number of pyridine rings is 2. The van der Waals surface area contributed by atoms with Crippen molar-refractivity contribution in [1.29, 1.82) is 0 Å². The summed E-state index contributed by atoms with van der Waals surface area (Å²) in [6, 6.07) is 9.88. The molecular formula is C12H12N2O3S. The summed E-state index contributed by atoms with van der Waals surface area (Å²) in [5.41, 5.74) is 1.19. The third kappa shape index (κ3) is 2.72. The summed E-state index contributed by atoms with van der Waals surface area (Å²) in [5.74, 6) is 0. The molecule has 1 unspecified atom stereocenters. The van der Waals surface area contributed by atoms with Crippen LogP contribution in [0.5, 0.6) is 0 Å². The van der Waals surface area contributed by atoms with E-state index in [0.717, 1.165) is 0 Å². The van der Waals surface area contributed by atoms with Crippen molar-refractivity contribution in [2.75, 3.05) is 0 Å². The Morgan fingerprint density at radius 2 is 1.83 bits per heavy atom. The summed E-state index contributed by atoms with van der Waals surface area (Å²) in [7, 11) is -4.31. The van der Waals surface area contributed by atoms with Gasteiger partial charge in [0.1, 0.15) is 0 Å². The number of hydrogen-bond donors (Lipinski definition) is 1. The van der Waals surface area contributed by atoms with Gasteiger partial charge < -0.3 is 0 Å². The first-order valence-corrected chi connectivity index (χ1v) is 6.79. The Kier molecular flexibility index (Phi) is 3.40. The molecule has 0 radical (unpaired) electrons. The van der Waals surface area contributed by atoms with E-state index in [2.05, 4.69) is 9.97 Å². The average molecular weight is 264 g/mol. The highest BCUT2D eigenvalue weighted by Crippen LogP contribution is 2.26. The van der Waals surface area contributed by atoms with E-state index in [-0.39, 0.29) is 11.4 Å². The van der Waals surface area contributed by atoms with Crippen LogP contribution >= 0.6 is 0 Å². The summed E-state index contributed by atoms with van der Waals surface area (Å²) in [4.78, 5) is 8.11. The largest absolute Gasteiger partial charge is 0.285 e. The molecule has 2 rings (SSSR count). The van der Waals surface area contributed by atoms with Crippen LogP contribution in [0.4, 0.5) is 0 Å². The third-order valence-corrected chi connectivity index (χ3v) is 3.51. The SMILES string of the molecule is Cc1cccc(C(c2ccccn2)S(=O)(=O)O)n1. The molecule has 0 aliphatic rings. The number of aryl methyl sites for hydroxylation is 1. The van der Waals surface area contributed by atoms with E-state index < -0.39 is 15.4 Å². The topological polar surface area (TPSA) is 80.2 Å². The van der Waals surface area contributed by atoms with Crippen LogP contribution in [0.25, 0.3) is 0 Å². The first-order chi connectivity index (χ1) is 8.48. The standard InChI is InChI=1S/C12H12N2O3S/c1-9-5-4-7-11(14-9)12(18(15,16)17)10-6-2-3-8-13-10/h2-8,12H,1H3,(H,15,16,17). The maximum Gasteiger partial charge on any atom is 0.279 e. The van der Waals surface area contributed by atoms with Crippen molar-refractivity contribution in [2.45, 2.75) is 12.2 Å². The molecule has 0 bridgehead atoms. The molecule has 2 aromatic heterocycles. The van der Waals surface area contributed by atoms with Crippen LogP contribution in [0.15, 0.2) is 42.6 Å². The molecule has 0 aliphatic carbocycles. The van der Waals surface area contributed by atoms with Crippen molar-refractivity contribution < 1.29 is 13.0 Å². The van der Waals surface area contributed by atoms with Gasteiger partial charge in [-0.25, -0.2) is 0 Å². The fourth-order valence-corrected chi connectivity index (χ4v) is 2.58. The van der Waals surface area contributed by atoms with Gasteiger partial charge in [-0.3, -0.25) is 14.5 Å². The van der Waals surface area contributed by atoms with Crippen LogP contribution in [0.2, 0.25) is 0 Å². The van der Waals surface area contributed by atoms with E-state index in [4.69, 9.17) is 0 Å². The van der Waals surface area contributed by atoms with E-state index in [9.17, 15) is 13.0 Å². The fourth-order valence-electron chi connectivity index (χ4n) is 1.70. The lowest BCUT2D eigenvalue weighted by molar-refractivity contribution is 0.473. The summed E-state index contributed by atoms with van der Waals surface area (Å²) in [6.07, 6.45) is 1.48. The zero-order valence-electron chi connectivity index (χ0n) is 9.69. The van der Waals surface area contributed by atoms with E-state index in [1.165, 1.54) is 6.20 Å². The van der Waals surface area contributed by atoms with Crippen LogP contribution < -0.4 is 0 Å². The molecule has 0 saturated heterocycles. The molecule has 2 heterocycles. The van der Waals surface area contributed by atoms with Crippen LogP contribution in [0.1, 0.15) is 22.3 Å². The maximum atomic E-state index is 11.5. The molecule has 0 aromatic carbocycles. The van der Waals surface area contributed by atoms with E-state index in [1.54, 1.807) is 43.3 Å². The van der Waals surface area contributed by atoms with Gasteiger partial charge in [0.15, 0.2) is 5.25 Å². The number of aromatic nitrogens is 2. The first-order valence-electron chi connectivity index (χ1n) is 5.29. The Morgan fingerprint density at radius 1 is 1.11 bits per heavy atom. The quantitative estimate of drug-likeness (QED) is 0.854. The minimum atomic E-state index is -4.31. The lowest BCUT2D eigenvalue weighted by Gasteiger charge is -2.13. The smallest absolute Gasteiger partial charge is 0.279 e. The Hall–Kier alpha value is -1.79. The molecule has 0 fully saturated rings. The predicted molar refractivity (Wildman–Crippen MR) is 66.6 cm³/mol. The van der Waals surface area contributed by atoms with E-state index in [1.807, 2.05) is 0 Å². The highest BCUT2D eigenvalue weighted by molar-refractivity contribution is 7.86. The lowest BCUT2D eigenvalue weighted by atomic mass is 10.2. The fraction of sp³-hybridized carbons (Fsp3) is 0.167. The molecule has 0 amide bonds. The van der Waals surface area contributed by atoms with Crippen molar-refractivity contribution >= 4 is 10.1 Å². The highest BCUT2D eigenvalue weighted by Gasteiger charge is 2.29. The van der Waals surface area contributed by atoms with Gasteiger partial charge in [-0.15, -0.1) is 0 Å². The maximum absolute atomic E-state index is 11.5. The van der Waals surface area contributed by atoms with E-state index in [0.29, 0.717) is 5.69 Å². The predicted octanol–water partition coefficient (Wildman–Crippen LogP) is 1.76. The number of rotatable bonds is 3. The van der Waals surface area contributed by atoms with Gasteiger partial charge in [-0.05, 0) is 31.2 Å². The van der Waals surface area contributed by atoms with Crippen molar-refractivity contribution in [1.82, 2.24) is 9.97 Å². The monoisotopic (exact) mass is 264 g/mol. The molecule has 1 atom stereocenters. The van der Waals surface area contributed by atoms with E-state index >= 15 is 0 Å². The Balaban J connectivity index is 2.58. The lowest BCUT2D eigenvalue weighted by Crippen LogP contribution is -2.16. The second-order valence-electron chi connectivity index (χ2n) is 3.85. The summed E-state index contributed by atoms with van der Waals surface area (Å²) in [6.45, 7) is 1.75. The van der Waals surface area contributed by atoms with Crippen molar-refractivity contribution in [3.05, 3.63) is 59.7 Å². The summed E-state index contributed by atoms with van der Waals surface area (Å²) < 4.78 is 32.4. The number of nitrogens with zero attached hydrogens (tertiary/aromatic N) is 2. The molecule has 0 spiro atoms. The zero-order chi connectivity index (χ0) is 13.2. The Morgan fingerprint density at radius 3 is 2.39 bits per heavy atom. The molecule has 94 valence electrons. The van der Waals surface area contributed by atoms with Gasteiger partial charge in [-0.1, -0.05) is 12.1 Å². The molecule has 0 saturated carbocycles. The molecule has 2 aromatic rings. The molecule has 6 heteroatoms. The third-order valence-electron chi connectivity index (χ3n) is 2.43. The van der Waals surface area contributed by atoms with Crippen LogP contribution in [-0.2, 0) is 10.1 Å². The summed E-state index contributed by atoms with van der Waals surface area (Å²) >= 11 is 0. The van der Waals surface area contributed by atoms with Crippen molar-refractivity contribution in [2.24, 2.45) is 0 Å². The van der Waals surface area contributed by atoms with Gasteiger partial charge in [0.05, 0.1) is 11.4 Å². The second-order valence-corrected chi connectivity index (χ2v) is 5.35. The summed E-state index contributed by atoms with van der Waals surface area (Å²) in [5, 5.41) is -1.25. The molecule has 5 nitrogen and oxygen atoms in total. The van der Waals surface area contributed by atoms with Crippen LogP contribution in [0, 0.1) is 6.92 Å².